The molecule has 1 aromatic carbocycles. The number of rotatable bonds is 3. The maximum atomic E-state index is 11.9. The molecule has 0 radical (unpaired) electrons. The number of benzene rings is 1. The predicted octanol–water partition coefficient (Wildman–Crippen LogP) is 3.01. The summed E-state index contributed by atoms with van der Waals surface area (Å²) in [5, 5.41) is 11.2. The van der Waals surface area contributed by atoms with Gasteiger partial charge in [-0.3, -0.25) is 19.8 Å². The summed E-state index contributed by atoms with van der Waals surface area (Å²) in [6.45, 7) is 0.446. The van der Waals surface area contributed by atoms with Gasteiger partial charge in [0.25, 0.3) is 5.56 Å². The molecular weight excluding hydrogens is 346 g/mol. The monoisotopic (exact) mass is 357 g/mol. The second kappa shape index (κ2) is 6.11. The highest BCUT2D eigenvalue weighted by Crippen LogP contribution is 2.24. The van der Waals surface area contributed by atoms with Crippen LogP contribution in [-0.4, -0.2) is 21.3 Å². The third kappa shape index (κ3) is 2.92. The number of nitrogens with zero attached hydrogens (tertiary/aromatic N) is 2. The zero-order chi connectivity index (χ0) is 15.5. The van der Waals surface area contributed by atoms with Crippen molar-refractivity contribution in [3.8, 4) is 5.88 Å². The van der Waals surface area contributed by atoms with E-state index >= 15 is 0 Å². The number of aromatic amines is 1. The molecule has 2 N–H and O–H groups in total. The van der Waals surface area contributed by atoms with E-state index in [1.54, 1.807) is 36.8 Å². The molecule has 110 valence electrons. The van der Waals surface area contributed by atoms with Crippen molar-refractivity contribution < 1.29 is 5.11 Å². The number of halogens is 1. The topological polar surface area (TPSA) is 78.3 Å². The maximum Gasteiger partial charge on any atom is 0.258 e. The summed E-state index contributed by atoms with van der Waals surface area (Å²) in [5.74, 6) is -0.189. The lowest BCUT2D eigenvalue weighted by Crippen LogP contribution is -2.08. The Labute approximate surface area is 134 Å². The highest BCUT2D eigenvalue weighted by molar-refractivity contribution is 9.10. The van der Waals surface area contributed by atoms with Crippen LogP contribution < -0.4 is 5.56 Å². The van der Waals surface area contributed by atoms with Crippen molar-refractivity contribution in [2.45, 2.75) is 6.54 Å². The van der Waals surface area contributed by atoms with Crippen LogP contribution in [-0.2, 0) is 6.54 Å². The SMILES string of the molecule is O=c1[nH]c(O)c(C=NCc2cccnc2)c2cc(Br)ccc12. The van der Waals surface area contributed by atoms with Crippen molar-refractivity contribution in [1.82, 2.24) is 9.97 Å². The van der Waals surface area contributed by atoms with E-state index in [1.807, 2.05) is 12.1 Å². The summed E-state index contributed by atoms with van der Waals surface area (Å²) >= 11 is 3.37. The van der Waals surface area contributed by atoms with Gasteiger partial charge < -0.3 is 5.11 Å². The Bertz CT molecular complexity index is 904. The van der Waals surface area contributed by atoms with Gasteiger partial charge in [-0.15, -0.1) is 0 Å². The fraction of sp³-hybridized carbons (Fsp3) is 0.0625. The molecule has 22 heavy (non-hydrogen) atoms. The minimum absolute atomic E-state index is 0.189. The van der Waals surface area contributed by atoms with Crippen LogP contribution in [0, 0.1) is 0 Å². The molecular formula is C16H12BrN3O2. The van der Waals surface area contributed by atoms with Crippen LogP contribution in [0.15, 0.2) is 57.0 Å². The third-order valence-electron chi connectivity index (χ3n) is 3.22. The summed E-state index contributed by atoms with van der Waals surface area (Å²) < 4.78 is 0.826. The first-order chi connectivity index (χ1) is 10.6. The van der Waals surface area contributed by atoms with Crippen molar-refractivity contribution in [2.24, 2.45) is 4.99 Å². The maximum absolute atomic E-state index is 11.9. The highest BCUT2D eigenvalue weighted by atomic mass is 79.9. The molecule has 0 atom stereocenters. The molecule has 6 heteroatoms. The van der Waals surface area contributed by atoms with Crippen LogP contribution >= 0.6 is 15.9 Å². The normalized spacial score (nSPS) is 11.3. The van der Waals surface area contributed by atoms with Gasteiger partial charge in [0.05, 0.1) is 12.1 Å². The van der Waals surface area contributed by atoms with Crippen molar-refractivity contribution in [3.05, 3.63) is 68.7 Å². The van der Waals surface area contributed by atoms with Crippen LogP contribution in [0.5, 0.6) is 5.88 Å². The van der Waals surface area contributed by atoms with Gasteiger partial charge in [0.15, 0.2) is 0 Å². The lowest BCUT2D eigenvalue weighted by molar-refractivity contribution is 0.452. The van der Waals surface area contributed by atoms with Gasteiger partial charge in [0.1, 0.15) is 0 Å². The molecule has 0 spiro atoms. The van der Waals surface area contributed by atoms with E-state index in [0.29, 0.717) is 22.9 Å². The molecule has 2 heterocycles. The Morgan fingerprint density at radius 3 is 2.95 bits per heavy atom. The Kier molecular flexibility index (Phi) is 4.02. The van der Waals surface area contributed by atoms with E-state index in [9.17, 15) is 9.90 Å². The van der Waals surface area contributed by atoms with Crippen LogP contribution in [0.25, 0.3) is 10.8 Å². The molecule has 0 saturated carbocycles. The summed E-state index contributed by atoms with van der Waals surface area (Å²) in [6.07, 6.45) is 5.00. The van der Waals surface area contributed by atoms with Crippen molar-refractivity contribution >= 4 is 32.9 Å². The van der Waals surface area contributed by atoms with E-state index in [2.05, 4.69) is 30.9 Å². The molecule has 0 aliphatic carbocycles. The largest absolute Gasteiger partial charge is 0.494 e. The van der Waals surface area contributed by atoms with Gasteiger partial charge in [-0.25, -0.2) is 0 Å². The van der Waals surface area contributed by atoms with E-state index in [-0.39, 0.29) is 11.4 Å². The molecule has 0 unspecified atom stereocenters. The van der Waals surface area contributed by atoms with Gasteiger partial charge in [0.2, 0.25) is 5.88 Å². The Hall–Kier alpha value is -2.47. The number of H-pyrrole nitrogens is 1. The van der Waals surface area contributed by atoms with Crippen molar-refractivity contribution in [1.29, 1.82) is 0 Å². The average molecular weight is 358 g/mol. The quantitative estimate of drug-likeness (QED) is 0.707. The number of fused-ring (bicyclic) bond motifs is 1. The number of pyridine rings is 2. The average Bonchev–Trinajstić information content (AvgIpc) is 2.51. The van der Waals surface area contributed by atoms with E-state index in [0.717, 1.165) is 10.0 Å². The van der Waals surface area contributed by atoms with Crippen LogP contribution in [0.4, 0.5) is 0 Å². The third-order valence-corrected chi connectivity index (χ3v) is 3.71. The van der Waals surface area contributed by atoms with Crippen molar-refractivity contribution in [3.63, 3.8) is 0 Å². The summed E-state index contributed by atoms with van der Waals surface area (Å²) in [5.41, 5.74) is 1.12. The first-order valence-electron chi connectivity index (χ1n) is 6.58. The number of aromatic nitrogens is 2. The predicted molar refractivity (Wildman–Crippen MR) is 89.5 cm³/mol. The molecule has 0 aliphatic heterocycles. The van der Waals surface area contributed by atoms with Gasteiger partial charge >= 0.3 is 0 Å². The molecule has 0 amide bonds. The Morgan fingerprint density at radius 2 is 2.18 bits per heavy atom. The van der Waals surface area contributed by atoms with Gasteiger partial charge in [-0.1, -0.05) is 22.0 Å². The van der Waals surface area contributed by atoms with Crippen LogP contribution in [0.1, 0.15) is 11.1 Å². The van der Waals surface area contributed by atoms with Gasteiger partial charge in [-0.05, 0) is 29.8 Å². The number of hydrogen-bond acceptors (Lipinski definition) is 4. The zero-order valence-electron chi connectivity index (χ0n) is 11.5. The first kappa shape index (κ1) is 14.5. The lowest BCUT2D eigenvalue weighted by Gasteiger charge is -2.05. The van der Waals surface area contributed by atoms with Gasteiger partial charge in [-0.2, -0.15) is 0 Å². The number of nitrogens with one attached hydrogen (secondary N) is 1. The molecule has 3 aromatic rings. The van der Waals surface area contributed by atoms with Crippen LogP contribution in [0.3, 0.4) is 0 Å². The second-order valence-corrected chi connectivity index (χ2v) is 5.65. The standard InChI is InChI=1S/C16H12BrN3O2/c17-11-3-4-12-13(6-11)14(16(22)20-15(12)21)9-19-8-10-2-1-5-18-7-10/h1-7,9H,8H2,(H2,20,21,22). The molecule has 0 fully saturated rings. The van der Waals surface area contributed by atoms with E-state index in [1.165, 1.54) is 0 Å². The second-order valence-electron chi connectivity index (χ2n) is 4.74. The lowest BCUT2D eigenvalue weighted by atomic mass is 10.1. The van der Waals surface area contributed by atoms with Crippen molar-refractivity contribution in [2.75, 3.05) is 0 Å². The number of aliphatic imine (C=N–C) groups is 1. The minimum atomic E-state index is -0.329. The number of aromatic hydroxyl groups is 1. The summed E-state index contributed by atoms with van der Waals surface area (Å²) in [7, 11) is 0. The molecule has 3 rings (SSSR count). The summed E-state index contributed by atoms with van der Waals surface area (Å²) in [4.78, 5) is 22.6. The molecule has 2 aromatic heterocycles. The highest BCUT2D eigenvalue weighted by Gasteiger charge is 2.09. The molecule has 0 saturated heterocycles. The smallest absolute Gasteiger partial charge is 0.258 e. The van der Waals surface area contributed by atoms with E-state index in [4.69, 9.17) is 0 Å². The minimum Gasteiger partial charge on any atom is -0.494 e. The summed E-state index contributed by atoms with van der Waals surface area (Å²) in [6, 6.07) is 9.04. The van der Waals surface area contributed by atoms with Gasteiger partial charge in [0, 0.05) is 33.9 Å². The molecule has 0 aliphatic rings. The molecule has 5 nitrogen and oxygen atoms in total. The first-order valence-corrected chi connectivity index (χ1v) is 7.37. The fourth-order valence-corrected chi connectivity index (χ4v) is 2.53. The number of hydrogen-bond donors (Lipinski definition) is 2. The Balaban J connectivity index is 2.03. The van der Waals surface area contributed by atoms with Crippen LogP contribution in [0.2, 0.25) is 0 Å². The van der Waals surface area contributed by atoms with E-state index < -0.39 is 0 Å². The molecule has 0 bridgehead atoms. The zero-order valence-corrected chi connectivity index (χ0v) is 13.0. The fourth-order valence-electron chi connectivity index (χ4n) is 2.17. The Morgan fingerprint density at radius 1 is 1.32 bits per heavy atom.